The maximum Gasteiger partial charge on any atom is 0.408 e. The zero-order valence-electron chi connectivity index (χ0n) is 63.5. The van der Waals surface area contributed by atoms with Crippen molar-refractivity contribution in [1.29, 1.82) is 0 Å². The van der Waals surface area contributed by atoms with Crippen LogP contribution in [0.2, 0.25) is 10.0 Å². The van der Waals surface area contributed by atoms with E-state index in [1.165, 1.54) is 13.8 Å². The van der Waals surface area contributed by atoms with E-state index in [0.717, 1.165) is 78.9 Å². The first-order valence-corrected chi connectivity index (χ1v) is 37.4. The van der Waals surface area contributed by atoms with Gasteiger partial charge < -0.3 is 137 Å². The van der Waals surface area contributed by atoms with Gasteiger partial charge in [0.2, 0.25) is 53.4 Å². The number of aliphatic hydroxyl groups excluding tert-OH is 6. The van der Waals surface area contributed by atoms with Crippen LogP contribution in [0, 0.1) is 5.92 Å². The van der Waals surface area contributed by atoms with Crippen molar-refractivity contribution < 1.29 is 137 Å². The molecule has 626 valence electrons. The number of carbonyl (C=O) groups is 10. The normalized spacial score (nSPS) is 27.0. The Morgan fingerprint density at radius 2 is 1.30 bits per heavy atom. The van der Waals surface area contributed by atoms with Crippen LogP contribution in [0.3, 0.4) is 0 Å². The van der Waals surface area contributed by atoms with Gasteiger partial charge in [-0.25, -0.2) is 14.4 Å². The number of aromatic hydroxyl groups is 3. The largest absolute Gasteiger partial charge is 0.508 e. The van der Waals surface area contributed by atoms with E-state index in [0.29, 0.717) is 5.56 Å². The Labute approximate surface area is 676 Å². The number of aliphatic carboxylic acids is 1. The molecule has 7 heterocycles. The van der Waals surface area contributed by atoms with Crippen LogP contribution in [0.15, 0.2) is 109 Å². The minimum Gasteiger partial charge on any atom is -0.508 e. The van der Waals surface area contributed by atoms with Crippen LogP contribution >= 0.6 is 23.2 Å². The molecule has 117 heavy (non-hydrogen) atoms. The summed E-state index contributed by atoms with van der Waals surface area (Å²) in [6, 6.07) is 6.21. The highest BCUT2D eigenvalue weighted by atomic mass is 35.5. The van der Waals surface area contributed by atoms with E-state index in [9.17, 15) is 79.8 Å². The van der Waals surface area contributed by atoms with E-state index in [-0.39, 0.29) is 30.1 Å². The van der Waals surface area contributed by atoms with Crippen LogP contribution in [0.5, 0.6) is 46.0 Å². The molecule has 0 aliphatic carbocycles. The lowest BCUT2D eigenvalue weighted by atomic mass is 9.85. The summed E-state index contributed by atoms with van der Waals surface area (Å²) in [5.74, 6) is -17.4. The van der Waals surface area contributed by atoms with Crippen LogP contribution in [0.25, 0.3) is 11.1 Å². The number of aliphatic hydroxyl groups is 6. The number of ether oxygens (including phenoxy) is 8. The molecule has 3 unspecified atom stereocenters. The number of carbonyl (C=O) groups excluding carboxylic acids is 9. The lowest BCUT2D eigenvalue weighted by molar-refractivity contribution is -0.334. The second-order valence-electron chi connectivity index (χ2n) is 30.2. The minimum atomic E-state index is -2.44. The molecule has 13 rings (SSSR count). The van der Waals surface area contributed by atoms with Crippen molar-refractivity contribution in [2.24, 2.45) is 11.7 Å². The molecule has 9 amide bonds. The lowest BCUT2D eigenvalue weighted by Crippen LogP contribution is -2.66. The maximum absolute atomic E-state index is 16.2. The smallest absolute Gasteiger partial charge is 0.408 e. The fourth-order valence-electron chi connectivity index (χ4n) is 13.9. The third kappa shape index (κ3) is 19.9. The monoisotopic (exact) mass is 1670 g/mol. The van der Waals surface area contributed by atoms with E-state index in [1.54, 1.807) is 65.0 Å². The van der Waals surface area contributed by atoms with Crippen LogP contribution in [0.1, 0.15) is 131 Å². The van der Waals surface area contributed by atoms with E-state index in [2.05, 4.69) is 42.5 Å². The van der Waals surface area contributed by atoms with Gasteiger partial charge in [-0.05, 0) is 129 Å². The number of carboxylic acids is 1. The van der Waals surface area contributed by atoms with E-state index in [1.807, 2.05) is 0 Å². The summed E-state index contributed by atoms with van der Waals surface area (Å²) in [7, 11) is 0. The van der Waals surface area contributed by atoms with Gasteiger partial charge in [0.1, 0.15) is 114 Å². The lowest BCUT2D eigenvalue weighted by Gasteiger charge is -2.48. The van der Waals surface area contributed by atoms with Gasteiger partial charge in [-0.1, -0.05) is 85.6 Å². The Bertz CT molecular complexity index is 4830. The molecule has 37 nitrogen and oxygen atoms in total. The molecular formula is C78H87Cl2N9O28. The number of phenolic OH excluding ortho intramolecular Hbond substituents is 3. The number of hydrogen-bond acceptors (Lipinski definition) is 27. The molecule has 7 aliphatic heterocycles. The summed E-state index contributed by atoms with van der Waals surface area (Å²) in [5.41, 5.74) is 0.516. The second kappa shape index (κ2) is 35.6. The Balaban J connectivity index is 1.12. The molecule has 2 saturated heterocycles. The summed E-state index contributed by atoms with van der Waals surface area (Å²) in [6.07, 6.45) is -22.6. The maximum atomic E-state index is 16.2. The SMILES string of the molecule is CC(C)C[C@H](NC(=O)OCc1ccccc1)C(=O)N[C@H]1C(=O)N[C@@H](CC(N)=O)C(=O)N[C@H]2C(=O)N[C@H]3C(=O)NC(C(=O)N[C@H](C(=O)O)c4cc(O)cc(O)c4-c4cc3ccc4O)[C@H](O)c3ccc(c(Cl)c3)Oc3cc2cc(c3OC2O[C@H](CO)[C@@H](O)[C@H](O)C2O[C@H]2C[C@](C)(NC(=O)OC(C)(C)C)[C@H](O)[C@H](C)O2)Oc2ccc(cc2Cl)[C@H]1O. The number of nitrogens with one attached hydrogen (secondary N) is 8. The van der Waals surface area contributed by atoms with Gasteiger partial charge in [-0.15, -0.1) is 0 Å². The van der Waals surface area contributed by atoms with Gasteiger partial charge in [0.05, 0.1) is 34.7 Å². The van der Waals surface area contributed by atoms with Crippen molar-refractivity contribution in [2.45, 2.75) is 189 Å². The number of fused-ring (bicyclic) bond motifs is 15. The molecule has 11 bridgehead atoms. The number of rotatable bonds is 16. The highest BCUT2D eigenvalue weighted by molar-refractivity contribution is 6.32. The Hall–Kier alpha value is -11.4. The van der Waals surface area contributed by atoms with Gasteiger partial charge in [0.25, 0.3) is 0 Å². The molecular weight excluding hydrogens is 1580 g/mol. The minimum absolute atomic E-state index is 0.119. The first-order valence-electron chi connectivity index (χ1n) is 36.7. The highest BCUT2D eigenvalue weighted by Gasteiger charge is 2.53. The summed E-state index contributed by atoms with van der Waals surface area (Å²) >= 11 is 14.3. The zero-order valence-corrected chi connectivity index (χ0v) is 65.0. The van der Waals surface area contributed by atoms with Gasteiger partial charge in [-0.2, -0.15) is 0 Å². The predicted octanol–water partition coefficient (Wildman–Crippen LogP) is 3.38. The number of hydrogen-bond donors (Lipinski definition) is 19. The molecule has 18 atom stereocenters. The van der Waals surface area contributed by atoms with Crippen LogP contribution < -0.4 is 62.5 Å². The van der Waals surface area contributed by atoms with Gasteiger partial charge in [-0.3, -0.25) is 33.6 Å². The molecule has 2 fully saturated rings. The number of primary amides is 1. The fourth-order valence-corrected chi connectivity index (χ4v) is 14.4. The average molecular weight is 1670 g/mol. The quantitative estimate of drug-likeness (QED) is 0.0660. The van der Waals surface area contributed by atoms with Crippen LogP contribution in [0.4, 0.5) is 9.59 Å². The number of benzene rings is 6. The van der Waals surface area contributed by atoms with Crippen molar-refractivity contribution in [3.8, 4) is 57.1 Å². The molecule has 0 saturated carbocycles. The predicted molar refractivity (Wildman–Crippen MR) is 405 cm³/mol. The van der Waals surface area contributed by atoms with Gasteiger partial charge in [0, 0.05) is 29.2 Å². The number of amides is 9. The molecule has 6 aromatic rings. The van der Waals surface area contributed by atoms with E-state index in [4.69, 9.17) is 66.8 Å². The number of nitrogens with two attached hydrogens (primary N) is 1. The van der Waals surface area contributed by atoms with Crippen molar-refractivity contribution in [2.75, 3.05) is 6.61 Å². The van der Waals surface area contributed by atoms with Crippen molar-refractivity contribution in [3.05, 3.63) is 153 Å². The van der Waals surface area contributed by atoms with Crippen LogP contribution in [-0.4, -0.2) is 202 Å². The van der Waals surface area contributed by atoms with Crippen molar-refractivity contribution >= 4 is 82.7 Å². The summed E-state index contributed by atoms with van der Waals surface area (Å²) < 4.78 is 49.8. The van der Waals surface area contributed by atoms with Crippen LogP contribution in [-0.2, 0) is 68.6 Å². The topological polar surface area (TPSA) is 569 Å². The molecule has 20 N–H and O–H groups in total. The molecule has 0 spiro atoms. The standard InChI is InChI=1S/C78H87Cl2N9O28/c1-31(2)19-43(83-75(108)110-30-33-11-9-8-10-12-33)67(100)87-58-60(95)35-14-17-47(41(79)21-35)112-49-23-37-24-50(64(49)116-74-65(63(98)62(97)51(29-90)114-74)115-53-28-78(7,66(99)32(3)111-53)89-76(109)117-77(4,5)6)113-48-18-15-36(22-42(48)80)61(96)59-72(105)86-57(73(106)107)40-25-38(91)26-46(93)54(40)39-20-34(13-16-45(39)92)55(69(102)88-59)85-70(103)56(37)84-68(101)44(27-52(81)94)82-71(58)104/h8-18,20-26,31-32,43-44,51,53,55-63,65-66,74,90-93,95-99H,19,27-30H2,1-7H3,(H2,81,94)(H,82,104)(H,83,108)(H,84,101)(H,85,103)(H,86,105)(H,87,100)(H,88,102)(H,89,109)(H,106,107)/t32-,43-,44-,51+,53-,55+,56+,57-,58+,59?,60+,61+,62+,63-,65?,66+,74?,78-/m0/s1. The van der Waals surface area contributed by atoms with Crippen molar-refractivity contribution in [3.63, 3.8) is 0 Å². The number of phenols is 3. The second-order valence-corrected chi connectivity index (χ2v) is 31.0. The van der Waals surface area contributed by atoms with Gasteiger partial charge in [0.15, 0.2) is 29.9 Å². The Kier molecular flexibility index (Phi) is 26.3. The average Bonchev–Trinajstić information content (AvgIpc) is 0.760. The zero-order chi connectivity index (χ0) is 85.1. The number of alkyl carbamates (subject to hydrolysis) is 2. The Morgan fingerprint density at radius 1 is 0.684 bits per heavy atom. The first-order chi connectivity index (χ1) is 55.2. The first kappa shape index (κ1) is 86.5. The fraction of sp³-hybridized carbons (Fsp3) is 0.410. The third-order valence-electron chi connectivity index (χ3n) is 19.7. The Morgan fingerprint density at radius 3 is 1.91 bits per heavy atom. The highest BCUT2D eigenvalue weighted by Crippen LogP contribution is 2.50. The summed E-state index contributed by atoms with van der Waals surface area (Å²) in [6.45, 7) is 9.79. The van der Waals surface area contributed by atoms with E-state index < -0.39 is 278 Å². The number of carboxylic acid groups (broad SMARTS) is 1. The van der Waals surface area contributed by atoms with E-state index >= 15 is 19.2 Å². The molecule has 0 radical (unpaired) electrons. The molecule has 39 heteroatoms. The number of halogens is 2. The molecule has 0 aromatic heterocycles. The molecule has 7 aliphatic rings. The van der Waals surface area contributed by atoms with Gasteiger partial charge >= 0.3 is 18.2 Å². The summed E-state index contributed by atoms with van der Waals surface area (Å²) in [5, 5.41) is 135. The molecule has 6 aromatic carbocycles. The third-order valence-corrected chi connectivity index (χ3v) is 20.3. The summed E-state index contributed by atoms with van der Waals surface area (Å²) in [4.78, 5) is 146. The van der Waals surface area contributed by atoms with Crippen molar-refractivity contribution in [1.82, 2.24) is 42.5 Å².